The van der Waals surface area contributed by atoms with Crippen LogP contribution >= 0.6 is 0 Å². The highest BCUT2D eigenvalue weighted by Gasteiger charge is 2.68. The van der Waals surface area contributed by atoms with E-state index < -0.39 is 35.1 Å². The number of carbonyl (C=O) groups is 3. The van der Waals surface area contributed by atoms with E-state index in [1.165, 1.54) is 4.90 Å². The van der Waals surface area contributed by atoms with Gasteiger partial charge in [0, 0.05) is 11.5 Å². The summed E-state index contributed by atoms with van der Waals surface area (Å²) in [6, 6.07) is -1.01. The third-order valence-electron chi connectivity index (χ3n) is 4.08. The Labute approximate surface area is 129 Å². The quantitative estimate of drug-likeness (QED) is 0.795. The van der Waals surface area contributed by atoms with E-state index in [1.807, 2.05) is 0 Å². The lowest BCUT2D eigenvalue weighted by Gasteiger charge is -2.29. The summed E-state index contributed by atoms with van der Waals surface area (Å²) in [7, 11) is 0. The number of carboxylic acids is 1. The minimum Gasteiger partial charge on any atom is -0.481 e. The number of fused-ring (bicyclic) bond motifs is 1. The lowest BCUT2D eigenvalue weighted by molar-refractivity contribution is -0.149. The smallest absolute Gasteiger partial charge is 0.411 e. The fraction of sp³-hybridized carbons (Fsp3) is 0.800. The fourth-order valence-electron chi connectivity index (χ4n) is 3.21. The Balaban J connectivity index is 2.18. The highest BCUT2D eigenvalue weighted by molar-refractivity contribution is 5.84. The van der Waals surface area contributed by atoms with Gasteiger partial charge in [0.25, 0.3) is 0 Å². The van der Waals surface area contributed by atoms with E-state index in [9.17, 15) is 14.4 Å². The number of esters is 1. The van der Waals surface area contributed by atoms with Crippen LogP contribution in [0.5, 0.6) is 0 Å². The number of amides is 1. The highest BCUT2D eigenvalue weighted by atomic mass is 16.6. The van der Waals surface area contributed by atoms with Crippen molar-refractivity contribution in [2.45, 2.75) is 64.6 Å². The normalized spacial score (nSPS) is 29.7. The number of nitrogens with zero attached hydrogens (tertiary/aromatic N) is 1. The van der Waals surface area contributed by atoms with Crippen molar-refractivity contribution in [2.24, 2.45) is 5.41 Å². The van der Waals surface area contributed by atoms with E-state index in [1.54, 1.807) is 27.7 Å². The van der Waals surface area contributed by atoms with Crippen LogP contribution < -0.4 is 0 Å². The number of hydrogen-bond acceptors (Lipinski definition) is 5. The Bertz CT molecular complexity index is 497. The summed E-state index contributed by atoms with van der Waals surface area (Å²) < 4.78 is 10.4. The zero-order valence-corrected chi connectivity index (χ0v) is 13.4. The van der Waals surface area contributed by atoms with Crippen LogP contribution in [0.25, 0.3) is 0 Å². The summed E-state index contributed by atoms with van der Waals surface area (Å²) in [6.07, 6.45) is 0.281. The zero-order chi connectivity index (χ0) is 16.7. The molecule has 0 radical (unpaired) electrons. The Hall–Kier alpha value is -1.79. The third-order valence-corrected chi connectivity index (χ3v) is 4.08. The molecule has 0 aromatic rings. The summed E-state index contributed by atoms with van der Waals surface area (Å²) in [6.45, 7) is 7.15. The lowest BCUT2D eigenvalue weighted by atomic mass is 9.96. The predicted octanol–water partition coefficient (Wildman–Crippen LogP) is 1.79. The molecule has 2 aliphatic rings. The van der Waals surface area contributed by atoms with E-state index in [-0.39, 0.29) is 19.1 Å². The number of carboxylic acid groups (broad SMARTS) is 1. The summed E-state index contributed by atoms with van der Waals surface area (Å²) in [4.78, 5) is 36.9. The molecule has 7 nitrogen and oxygen atoms in total. The third kappa shape index (κ3) is 3.18. The Morgan fingerprint density at radius 1 is 1.27 bits per heavy atom. The van der Waals surface area contributed by atoms with Crippen molar-refractivity contribution in [3.8, 4) is 0 Å². The SMILES string of the molecule is CCOC(=O)[C@@H]1C[C@]2(CC(=O)O)C[C@@H]2N1C(=O)OC(C)(C)C. The standard InChI is InChI=1S/C15H23NO6/c1-5-21-12(19)9-6-15(8-11(17)18)7-10(15)16(9)13(20)22-14(2,3)4/h9-10H,5-8H2,1-4H3,(H,17,18)/t9-,10-,15+/m0/s1. The lowest BCUT2D eigenvalue weighted by Crippen LogP contribution is -2.46. The minimum atomic E-state index is -0.920. The number of carbonyl (C=O) groups excluding carboxylic acids is 2. The van der Waals surface area contributed by atoms with Gasteiger partial charge in [0.05, 0.1) is 13.0 Å². The Morgan fingerprint density at radius 3 is 2.41 bits per heavy atom. The number of likely N-dealkylation sites (tertiary alicyclic amines) is 1. The number of hydrogen-bond donors (Lipinski definition) is 1. The second-order valence-corrected chi connectivity index (χ2v) is 7.01. The second-order valence-electron chi connectivity index (χ2n) is 7.01. The molecule has 1 saturated carbocycles. The molecular weight excluding hydrogens is 290 g/mol. The van der Waals surface area contributed by atoms with Crippen molar-refractivity contribution in [2.75, 3.05) is 6.61 Å². The van der Waals surface area contributed by atoms with Gasteiger partial charge in [0.2, 0.25) is 0 Å². The zero-order valence-electron chi connectivity index (χ0n) is 13.4. The molecule has 1 saturated heterocycles. The second kappa shape index (κ2) is 5.44. The van der Waals surface area contributed by atoms with E-state index in [0.29, 0.717) is 12.8 Å². The van der Waals surface area contributed by atoms with Crippen molar-refractivity contribution in [3.63, 3.8) is 0 Å². The molecule has 0 spiro atoms. The first-order valence-electron chi connectivity index (χ1n) is 7.49. The van der Waals surface area contributed by atoms with Crippen LogP contribution in [0.15, 0.2) is 0 Å². The predicted molar refractivity (Wildman–Crippen MR) is 76.2 cm³/mol. The maximum atomic E-state index is 12.4. The topological polar surface area (TPSA) is 93.1 Å². The van der Waals surface area contributed by atoms with Gasteiger partial charge in [-0.3, -0.25) is 9.69 Å². The van der Waals surface area contributed by atoms with Crippen LogP contribution in [0.3, 0.4) is 0 Å². The molecule has 2 rings (SSSR count). The first-order valence-corrected chi connectivity index (χ1v) is 7.49. The number of ether oxygens (including phenoxy) is 2. The van der Waals surface area contributed by atoms with Crippen molar-refractivity contribution in [3.05, 3.63) is 0 Å². The number of piperidine rings is 1. The summed E-state index contributed by atoms with van der Waals surface area (Å²) >= 11 is 0. The van der Waals surface area contributed by atoms with Crippen molar-refractivity contribution in [1.82, 2.24) is 4.90 Å². The Kier molecular flexibility index (Phi) is 4.10. The van der Waals surface area contributed by atoms with Crippen LogP contribution in [0, 0.1) is 5.41 Å². The molecule has 124 valence electrons. The van der Waals surface area contributed by atoms with Gasteiger partial charge in [-0.15, -0.1) is 0 Å². The molecule has 0 aromatic heterocycles. The van der Waals surface area contributed by atoms with Gasteiger partial charge in [0.15, 0.2) is 0 Å². The molecule has 1 amide bonds. The molecule has 7 heteroatoms. The van der Waals surface area contributed by atoms with Crippen LogP contribution in [0.1, 0.15) is 47.0 Å². The van der Waals surface area contributed by atoms with Gasteiger partial charge in [-0.25, -0.2) is 9.59 Å². The molecule has 22 heavy (non-hydrogen) atoms. The van der Waals surface area contributed by atoms with E-state index >= 15 is 0 Å². The average Bonchev–Trinajstić information content (AvgIpc) is 2.90. The molecule has 1 aliphatic carbocycles. The summed E-state index contributed by atoms with van der Waals surface area (Å²) in [5, 5.41) is 9.05. The van der Waals surface area contributed by atoms with Gasteiger partial charge >= 0.3 is 18.0 Å². The van der Waals surface area contributed by atoms with E-state index in [4.69, 9.17) is 14.6 Å². The van der Waals surface area contributed by atoms with Gasteiger partial charge in [-0.05, 0) is 40.5 Å². The summed E-state index contributed by atoms with van der Waals surface area (Å²) in [5.41, 5.74) is -1.19. The molecule has 2 fully saturated rings. The first kappa shape index (κ1) is 16.6. The number of aliphatic carboxylic acids is 1. The van der Waals surface area contributed by atoms with Gasteiger partial charge in [-0.1, -0.05) is 0 Å². The monoisotopic (exact) mass is 313 g/mol. The van der Waals surface area contributed by atoms with Crippen LogP contribution in [-0.4, -0.2) is 52.3 Å². The van der Waals surface area contributed by atoms with Crippen LogP contribution in [-0.2, 0) is 19.1 Å². The fourth-order valence-corrected chi connectivity index (χ4v) is 3.21. The molecule has 3 atom stereocenters. The van der Waals surface area contributed by atoms with E-state index in [0.717, 1.165) is 0 Å². The molecule has 0 aromatic carbocycles. The maximum Gasteiger partial charge on any atom is 0.411 e. The highest BCUT2D eigenvalue weighted by Crippen LogP contribution is 2.62. The largest absolute Gasteiger partial charge is 0.481 e. The van der Waals surface area contributed by atoms with Crippen molar-refractivity contribution >= 4 is 18.0 Å². The number of rotatable bonds is 4. The maximum absolute atomic E-state index is 12.4. The van der Waals surface area contributed by atoms with Crippen molar-refractivity contribution in [1.29, 1.82) is 0 Å². The molecular formula is C15H23NO6. The van der Waals surface area contributed by atoms with Gasteiger partial charge < -0.3 is 14.6 Å². The molecule has 0 bridgehead atoms. The van der Waals surface area contributed by atoms with Gasteiger partial charge in [-0.2, -0.15) is 0 Å². The molecule has 1 aliphatic heterocycles. The van der Waals surface area contributed by atoms with E-state index in [2.05, 4.69) is 0 Å². The first-order chi connectivity index (χ1) is 10.1. The Morgan fingerprint density at radius 2 is 1.91 bits per heavy atom. The molecule has 0 unspecified atom stereocenters. The van der Waals surface area contributed by atoms with Crippen LogP contribution in [0.4, 0.5) is 4.79 Å². The van der Waals surface area contributed by atoms with Crippen LogP contribution in [0.2, 0.25) is 0 Å². The van der Waals surface area contributed by atoms with Gasteiger partial charge in [0.1, 0.15) is 11.6 Å². The average molecular weight is 313 g/mol. The summed E-state index contributed by atoms with van der Waals surface area (Å²) in [5.74, 6) is -1.42. The molecule has 1 N–H and O–H groups in total. The minimum absolute atomic E-state index is 0.0487. The molecule has 1 heterocycles. The van der Waals surface area contributed by atoms with Crippen molar-refractivity contribution < 1.29 is 29.0 Å².